The zero-order valence-electron chi connectivity index (χ0n) is 11.8. The van der Waals surface area contributed by atoms with E-state index >= 15 is 0 Å². The second-order valence-electron chi connectivity index (χ2n) is 5.27. The van der Waals surface area contributed by atoms with Gasteiger partial charge in [0, 0.05) is 24.9 Å². The highest BCUT2D eigenvalue weighted by atomic mass is 16.4. The van der Waals surface area contributed by atoms with E-state index in [4.69, 9.17) is 4.42 Å². The summed E-state index contributed by atoms with van der Waals surface area (Å²) in [5, 5.41) is 16.0. The maximum Gasteiger partial charge on any atom is 0.230 e. The van der Waals surface area contributed by atoms with Crippen molar-refractivity contribution in [1.82, 2.24) is 25.3 Å². The third-order valence-corrected chi connectivity index (χ3v) is 3.92. The largest absolute Gasteiger partial charge is 0.424 e. The molecule has 3 rings (SSSR count). The van der Waals surface area contributed by atoms with Crippen LogP contribution in [0.25, 0.3) is 0 Å². The molecule has 0 saturated heterocycles. The first kappa shape index (κ1) is 13.3. The van der Waals surface area contributed by atoms with Crippen molar-refractivity contribution >= 4 is 0 Å². The number of aryl methyl sites for hydroxylation is 1. The summed E-state index contributed by atoms with van der Waals surface area (Å²) >= 11 is 0. The second-order valence-corrected chi connectivity index (χ2v) is 5.27. The third kappa shape index (κ3) is 2.90. The monoisotopic (exact) mass is 275 g/mol. The van der Waals surface area contributed by atoms with Gasteiger partial charge in [-0.05, 0) is 18.9 Å². The van der Waals surface area contributed by atoms with Crippen molar-refractivity contribution in [2.24, 2.45) is 0 Å². The van der Waals surface area contributed by atoms with Crippen LogP contribution in [-0.2, 0) is 13.0 Å². The van der Waals surface area contributed by atoms with Crippen LogP contribution >= 0.6 is 0 Å². The summed E-state index contributed by atoms with van der Waals surface area (Å²) in [7, 11) is 0. The molecule has 1 aliphatic rings. The molecule has 1 aliphatic carbocycles. The molecule has 1 fully saturated rings. The van der Waals surface area contributed by atoms with Crippen molar-refractivity contribution in [3.05, 3.63) is 30.2 Å². The van der Waals surface area contributed by atoms with Gasteiger partial charge in [0.25, 0.3) is 0 Å². The molecule has 108 valence electrons. The minimum Gasteiger partial charge on any atom is -0.424 e. The average molecular weight is 275 g/mol. The van der Waals surface area contributed by atoms with E-state index in [0.29, 0.717) is 30.4 Å². The number of aromatic nitrogens is 4. The maximum atomic E-state index is 5.54. The van der Waals surface area contributed by atoms with Crippen LogP contribution in [0.5, 0.6) is 0 Å². The van der Waals surface area contributed by atoms with Gasteiger partial charge in [-0.3, -0.25) is 4.68 Å². The Morgan fingerprint density at radius 2 is 2.15 bits per heavy atom. The molecule has 2 aromatic heterocycles. The molecule has 0 aromatic carbocycles. The van der Waals surface area contributed by atoms with Gasteiger partial charge in [0.15, 0.2) is 0 Å². The summed E-state index contributed by atoms with van der Waals surface area (Å²) in [4.78, 5) is 0. The summed E-state index contributed by atoms with van der Waals surface area (Å²) in [6.45, 7) is 2.65. The van der Waals surface area contributed by atoms with Gasteiger partial charge in [0.1, 0.15) is 0 Å². The Bertz CT molecular complexity index is 521. The van der Waals surface area contributed by atoms with E-state index in [2.05, 4.69) is 25.3 Å². The molecule has 0 unspecified atom stereocenters. The molecule has 0 amide bonds. The second kappa shape index (κ2) is 6.17. The molecule has 2 atom stereocenters. The molecule has 1 N–H and O–H groups in total. The quantitative estimate of drug-likeness (QED) is 0.905. The maximum absolute atomic E-state index is 5.54. The summed E-state index contributed by atoms with van der Waals surface area (Å²) in [5.74, 6) is 1.38. The molecule has 0 spiro atoms. The number of nitrogens with zero attached hydrogens (tertiary/aromatic N) is 4. The van der Waals surface area contributed by atoms with E-state index in [1.54, 1.807) is 0 Å². The van der Waals surface area contributed by atoms with Gasteiger partial charge >= 0.3 is 0 Å². The Kier molecular flexibility index (Phi) is 4.11. The molecule has 0 aliphatic heterocycles. The van der Waals surface area contributed by atoms with Gasteiger partial charge in [-0.25, -0.2) is 0 Å². The molecular formula is C14H21N5O. The van der Waals surface area contributed by atoms with E-state index in [9.17, 15) is 0 Å². The smallest absolute Gasteiger partial charge is 0.230 e. The Labute approximate surface area is 118 Å². The first-order chi connectivity index (χ1) is 9.86. The van der Waals surface area contributed by atoms with E-state index in [0.717, 1.165) is 6.42 Å². The summed E-state index contributed by atoms with van der Waals surface area (Å²) in [5.41, 5.74) is 0. The molecule has 0 radical (unpaired) electrons. The van der Waals surface area contributed by atoms with Crippen molar-refractivity contribution in [3.8, 4) is 0 Å². The number of hydrogen-bond acceptors (Lipinski definition) is 5. The van der Waals surface area contributed by atoms with Gasteiger partial charge in [-0.1, -0.05) is 19.8 Å². The highest BCUT2D eigenvalue weighted by Gasteiger charge is 2.26. The Balaban J connectivity index is 1.62. The standard InChI is InChI=1S/C14H21N5O/c1-2-13-17-18-14(20-13)10-15-11-6-3-4-7-12(11)19-9-5-8-16-19/h5,8-9,11-12,15H,2-4,6-7,10H2,1H3/t11-,12+/m1/s1. The predicted molar refractivity (Wildman–Crippen MR) is 74.0 cm³/mol. The zero-order chi connectivity index (χ0) is 13.8. The lowest BCUT2D eigenvalue weighted by molar-refractivity contribution is 0.239. The number of rotatable bonds is 5. The first-order valence-electron chi connectivity index (χ1n) is 7.40. The van der Waals surface area contributed by atoms with Crippen LogP contribution in [0.3, 0.4) is 0 Å². The molecule has 20 heavy (non-hydrogen) atoms. The molecule has 1 saturated carbocycles. The highest BCUT2D eigenvalue weighted by molar-refractivity contribution is 4.90. The normalized spacial score (nSPS) is 23.1. The van der Waals surface area contributed by atoms with Crippen LogP contribution in [0.1, 0.15) is 50.4 Å². The molecule has 6 heteroatoms. The molecular weight excluding hydrogens is 254 g/mol. The molecule has 2 heterocycles. The summed E-state index contributed by atoms with van der Waals surface area (Å²) in [6.07, 6.45) is 9.54. The Hall–Kier alpha value is -1.69. The van der Waals surface area contributed by atoms with Crippen LogP contribution in [0.2, 0.25) is 0 Å². The van der Waals surface area contributed by atoms with Crippen molar-refractivity contribution < 1.29 is 4.42 Å². The topological polar surface area (TPSA) is 68.8 Å². The molecule has 2 aromatic rings. The fourth-order valence-electron chi connectivity index (χ4n) is 2.86. The minimum absolute atomic E-state index is 0.417. The van der Waals surface area contributed by atoms with Gasteiger partial charge < -0.3 is 9.73 Å². The zero-order valence-corrected chi connectivity index (χ0v) is 11.8. The Morgan fingerprint density at radius 3 is 2.90 bits per heavy atom. The lowest BCUT2D eigenvalue weighted by atomic mass is 9.90. The van der Waals surface area contributed by atoms with Gasteiger partial charge in [0.05, 0.1) is 12.6 Å². The van der Waals surface area contributed by atoms with Gasteiger partial charge in [0.2, 0.25) is 11.8 Å². The fourth-order valence-corrected chi connectivity index (χ4v) is 2.86. The van der Waals surface area contributed by atoms with E-state index in [1.807, 2.05) is 25.4 Å². The van der Waals surface area contributed by atoms with E-state index in [-0.39, 0.29) is 0 Å². The molecule has 6 nitrogen and oxygen atoms in total. The van der Waals surface area contributed by atoms with Crippen molar-refractivity contribution in [3.63, 3.8) is 0 Å². The van der Waals surface area contributed by atoms with Crippen LogP contribution in [0.15, 0.2) is 22.9 Å². The van der Waals surface area contributed by atoms with E-state index in [1.165, 1.54) is 25.7 Å². The third-order valence-electron chi connectivity index (χ3n) is 3.92. The lowest BCUT2D eigenvalue weighted by Gasteiger charge is -2.32. The van der Waals surface area contributed by atoms with Crippen LogP contribution < -0.4 is 5.32 Å². The van der Waals surface area contributed by atoms with E-state index < -0.39 is 0 Å². The SMILES string of the molecule is CCc1nnc(CN[C@@H]2CCCC[C@@H]2n2cccn2)o1. The van der Waals surface area contributed by atoms with Crippen LogP contribution in [0, 0.1) is 0 Å². The number of hydrogen-bond donors (Lipinski definition) is 1. The average Bonchev–Trinajstić information content (AvgIpc) is 3.17. The first-order valence-corrected chi connectivity index (χ1v) is 7.40. The highest BCUT2D eigenvalue weighted by Crippen LogP contribution is 2.28. The lowest BCUT2D eigenvalue weighted by Crippen LogP contribution is -2.39. The Morgan fingerprint density at radius 1 is 1.30 bits per heavy atom. The number of nitrogens with one attached hydrogen (secondary N) is 1. The van der Waals surface area contributed by atoms with Crippen molar-refractivity contribution in [2.75, 3.05) is 0 Å². The predicted octanol–water partition coefficient (Wildman–Crippen LogP) is 2.10. The van der Waals surface area contributed by atoms with Crippen LogP contribution in [0.4, 0.5) is 0 Å². The van der Waals surface area contributed by atoms with Crippen molar-refractivity contribution in [1.29, 1.82) is 0 Å². The fraction of sp³-hybridized carbons (Fsp3) is 0.643. The van der Waals surface area contributed by atoms with Gasteiger partial charge in [-0.15, -0.1) is 10.2 Å². The summed E-state index contributed by atoms with van der Waals surface area (Å²) in [6, 6.07) is 2.82. The minimum atomic E-state index is 0.417. The molecule has 0 bridgehead atoms. The van der Waals surface area contributed by atoms with Gasteiger partial charge in [-0.2, -0.15) is 5.10 Å². The van der Waals surface area contributed by atoms with Crippen molar-refractivity contribution in [2.45, 2.75) is 57.7 Å². The summed E-state index contributed by atoms with van der Waals surface area (Å²) < 4.78 is 7.61. The van der Waals surface area contributed by atoms with Crippen LogP contribution in [-0.4, -0.2) is 26.0 Å².